The van der Waals surface area contributed by atoms with Crippen LogP contribution < -0.4 is 5.32 Å². The highest BCUT2D eigenvalue weighted by Crippen LogP contribution is 2.28. The second kappa shape index (κ2) is 7.23. The smallest absolute Gasteiger partial charge is 0.233 e. The Morgan fingerprint density at radius 1 is 1.19 bits per heavy atom. The molecule has 1 aromatic carbocycles. The van der Waals surface area contributed by atoms with Crippen molar-refractivity contribution in [1.82, 2.24) is 4.98 Å². The third-order valence-electron chi connectivity index (χ3n) is 3.62. The predicted molar refractivity (Wildman–Crippen MR) is 86.5 cm³/mol. The lowest BCUT2D eigenvalue weighted by Crippen LogP contribution is -2.26. The van der Waals surface area contributed by atoms with Crippen LogP contribution in [-0.2, 0) is 4.79 Å². The van der Waals surface area contributed by atoms with E-state index < -0.39 is 0 Å². The van der Waals surface area contributed by atoms with E-state index in [0.29, 0.717) is 11.0 Å². The first-order chi connectivity index (χ1) is 10.1. The molecule has 0 saturated carbocycles. The Morgan fingerprint density at radius 2 is 1.90 bits per heavy atom. The molecule has 1 heterocycles. The number of pyridine rings is 1. The molecule has 0 radical (unpaired) electrons. The van der Waals surface area contributed by atoms with Gasteiger partial charge in [-0.05, 0) is 23.6 Å². The molecule has 21 heavy (non-hydrogen) atoms. The minimum absolute atomic E-state index is 0.0506. The van der Waals surface area contributed by atoms with Crippen LogP contribution in [0.5, 0.6) is 0 Å². The summed E-state index contributed by atoms with van der Waals surface area (Å²) in [6.45, 7) is 4.17. The predicted octanol–water partition coefficient (Wildman–Crippen LogP) is 4.50. The van der Waals surface area contributed by atoms with E-state index in [0.717, 1.165) is 12.0 Å². The van der Waals surface area contributed by atoms with Gasteiger partial charge in [0.2, 0.25) is 5.91 Å². The molecule has 0 spiro atoms. The molecule has 0 aliphatic heterocycles. The van der Waals surface area contributed by atoms with E-state index in [-0.39, 0.29) is 17.7 Å². The van der Waals surface area contributed by atoms with Crippen LogP contribution in [0.2, 0.25) is 5.15 Å². The minimum atomic E-state index is -0.197. The SMILES string of the molecule is CCC(C)C(C(=O)Nc1cccc(Cl)n1)c1ccccc1. The standard InChI is InChI=1S/C17H19ClN2O/c1-3-12(2)16(13-8-5-4-6-9-13)17(21)20-15-11-7-10-14(18)19-15/h4-12,16H,3H2,1-2H3,(H,19,20,21). The Bertz CT molecular complexity index is 601. The molecular weight excluding hydrogens is 284 g/mol. The molecule has 0 fully saturated rings. The monoisotopic (exact) mass is 302 g/mol. The summed E-state index contributed by atoms with van der Waals surface area (Å²) in [6, 6.07) is 15.0. The van der Waals surface area contributed by atoms with Gasteiger partial charge < -0.3 is 5.32 Å². The van der Waals surface area contributed by atoms with Gasteiger partial charge >= 0.3 is 0 Å². The lowest BCUT2D eigenvalue weighted by Gasteiger charge is -2.22. The van der Waals surface area contributed by atoms with Gasteiger partial charge in [-0.25, -0.2) is 4.98 Å². The number of hydrogen-bond donors (Lipinski definition) is 1. The zero-order valence-corrected chi connectivity index (χ0v) is 13.0. The molecule has 2 rings (SSSR count). The van der Waals surface area contributed by atoms with Crippen molar-refractivity contribution in [1.29, 1.82) is 0 Å². The fraction of sp³-hybridized carbons (Fsp3) is 0.294. The average Bonchev–Trinajstić information content (AvgIpc) is 2.48. The normalized spacial score (nSPS) is 13.5. The van der Waals surface area contributed by atoms with Gasteiger partial charge in [-0.1, -0.05) is 68.3 Å². The summed E-state index contributed by atoms with van der Waals surface area (Å²) < 4.78 is 0. The van der Waals surface area contributed by atoms with Crippen LogP contribution in [0.4, 0.5) is 5.82 Å². The first-order valence-electron chi connectivity index (χ1n) is 7.10. The van der Waals surface area contributed by atoms with E-state index in [1.807, 2.05) is 30.3 Å². The van der Waals surface area contributed by atoms with Crippen molar-refractivity contribution < 1.29 is 4.79 Å². The molecule has 110 valence electrons. The Balaban J connectivity index is 2.23. The van der Waals surface area contributed by atoms with Crippen molar-refractivity contribution in [3.05, 3.63) is 59.2 Å². The second-order valence-corrected chi connectivity index (χ2v) is 5.50. The minimum Gasteiger partial charge on any atom is -0.310 e. The van der Waals surface area contributed by atoms with Gasteiger partial charge in [0.25, 0.3) is 0 Å². The Morgan fingerprint density at radius 3 is 2.52 bits per heavy atom. The molecule has 0 aliphatic carbocycles. The van der Waals surface area contributed by atoms with Gasteiger partial charge in [0, 0.05) is 0 Å². The number of rotatable bonds is 5. The van der Waals surface area contributed by atoms with Crippen molar-refractivity contribution in [3.63, 3.8) is 0 Å². The number of aromatic nitrogens is 1. The average molecular weight is 303 g/mol. The highest BCUT2D eigenvalue weighted by Gasteiger charge is 2.26. The quantitative estimate of drug-likeness (QED) is 0.826. The first-order valence-corrected chi connectivity index (χ1v) is 7.48. The molecule has 3 nitrogen and oxygen atoms in total. The van der Waals surface area contributed by atoms with Crippen LogP contribution in [-0.4, -0.2) is 10.9 Å². The van der Waals surface area contributed by atoms with Gasteiger partial charge in [-0.15, -0.1) is 0 Å². The number of halogens is 1. The molecule has 2 atom stereocenters. The van der Waals surface area contributed by atoms with Crippen molar-refractivity contribution in [2.45, 2.75) is 26.2 Å². The van der Waals surface area contributed by atoms with E-state index >= 15 is 0 Å². The van der Waals surface area contributed by atoms with Crippen molar-refractivity contribution in [2.24, 2.45) is 5.92 Å². The summed E-state index contributed by atoms with van der Waals surface area (Å²) >= 11 is 5.85. The summed E-state index contributed by atoms with van der Waals surface area (Å²) in [5, 5.41) is 3.23. The summed E-state index contributed by atoms with van der Waals surface area (Å²) in [6.07, 6.45) is 0.927. The lowest BCUT2D eigenvalue weighted by atomic mass is 9.85. The van der Waals surface area contributed by atoms with Crippen LogP contribution in [0.1, 0.15) is 31.7 Å². The third-order valence-corrected chi connectivity index (χ3v) is 3.83. The Hall–Kier alpha value is -1.87. The summed E-state index contributed by atoms with van der Waals surface area (Å²) in [5.74, 6) is 0.477. The molecule has 0 saturated heterocycles. The fourth-order valence-corrected chi connectivity index (χ4v) is 2.48. The van der Waals surface area contributed by atoms with Crippen molar-refractivity contribution in [2.75, 3.05) is 5.32 Å². The number of nitrogens with one attached hydrogen (secondary N) is 1. The second-order valence-electron chi connectivity index (χ2n) is 5.11. The topological polar surface area (TPSA) is 42.0 Å². The number of nitrogens with zero attached hydrogens (tertiary/aromatic N) is 1. The number of amides is 1. The van der Waals surface area contributed by atoms with Crippen LogP contribution in [0.3, 0.4) is 0 Å². The molecule has 0 aliphatic rings. The lowest BCUT2D eigenvalue weighted by molar-refractivity contribution is -0.118. The van der Waals surface area contributed by atoms with Crippen molar-refractivity contribution >= 4 is 23.3 Å². The molecule has 1 amide bonds. The Labute approximate surface area is 130 Å². The number of hydrogen-bond acceptors (Lipinski definition) is 2. The number of carbonyl (C=O) groups is 1. The fourth-order valence-electron chi connectivity index (χ4n) is 2.32. The third kappa shape index (κ3) is 4.05. The van der Waals surface area contributed by atoms with Crippen molar-refractivity contribution in [3.8, 4) is 0 Å². The highest BCUT2D eigenvalue weighted by molar-refractivity contribution is 6.29. The molecule has 4 heteroatoms. The van der Waals surface area contributed by atoms with Gasteiger partial charge in [0.15, 0.2) is 0 Å². The zero-order valence-electron chi connectivity index (χ0n) is 12.2. The van der Waals surface area contributed by atoms with Gasteiger partial charge in [-0.3, -0.25) is 4.79 Å². The molecule has 1 aromatic heterocycles. The van der Waals surface area contributed by atoms with E-state index in [9.17, 15) is 4.79 Å². The summed E-state index contributed by atoms with van der Waals surface area (Å²) in [7, 11) is 0. The highest BCUT2D eigenvalue weighted by atomic mass is 35.5. The Kier molecular flexibility index (Phi) is 5.34. The molecular formula is C17H19ClN2O. The maximum absolute atomic E-state index is 12.6. The van der Waals surface area contributed by atoms with Gasteiger partial charge in [-0.2, -0.15) is 0 Å². The van der Waals surface area contributed by atoms with E-state index in [2.05, 4.69) is 24.1 Å². The maximum Gasteiger partial charge on any atom is 0.233 e. The molecule has 0 bridgehead atoms. The number of benzene rings is 1. The van der Waals surface area contributed by atoms with Crippen LogP contribution in [0, 0.1) is 5.92 Å². The first kappa shape index (κ1) is 15.5. The number of anilines is 1. The zero-order chi connectivity index (χ0) is 15.2. The summed E-state index contributed by atoms with van der Waals surface area (Å²) in [5.41, 5.74) is 1.02. The van der Waals surface area contributed by atoms with E-state index in [1.54, 1.807) is 18.2 Å². The van der Waals surface area contributed by atoms with E-state index in [1.165, 1.54) is 0 Å². The van der Waals surface area contributed by atoms with Gasteiger partial charge in [0.1, 0.15) is 11.0 Å². The largest absolute Gasteiger partial charge is 0.310 e. The van der Waals surface area contributed by atoms with Crippen LogP contribution >= 0.6 is 11.6 Å². The molecule has 2 aromatic rings. The van der Waals surface area contributed by atoms with E-state index in [4.69, 9.17) is 11.6 Å². The molecule has 1 N–H and O–H groups in total. The summed E-state index contributed by atoms with van der Waals surface area (Å²) in [4.78, 5) is 16.7. The van der Waals surface area contributed by atoms with Crippen LogP contribution in [0.15, 0.2) is 48.5 Å². The van der Waals surface area contributed by atoms with Crippen LogP contribution in [0.25, 0.3) is 0 Å². The molecule has 2 unspecified atom stereocenters. The van der Waals surface area contributed by atoms with Gasteiger partial charge in [0.05, 0.1) is 5.92 Å². The number of carbonyl (C=O) groups excluding carboxylic acids is 1. The maximum atomic E-state index is 12.6.